The van der Waals surface area contributed by atoms with E-state index in [0.29, 0.717) is 22.7 Å². The third kappa shape index (κ3) is 3.64. The van der Waals surface area contributed by atoms with Gasteiger partial charge in [-0.15, -0.1) is 0 Å². The second kappa shape index (κ2) is 7.93. The van der Waals surface area contributed by atoms with Crippen LogP contribution in [-0.4, -0.2) is 36.2 Å². The Kier molecular flexibility index (Phi) is 5.37. The quantitative estimate of drug-likeness (QED) is 0.797. The van der Waals surface area contributed by atoms with Crippen LogP contribution in [0, 0.1) is 11.7 Å². The molecule has 4 rings (SSSR count). The van der Waals surface area contributed by atoms with Crippen molar-refractivity contribution in [2.45, 2.75) is 18.1 Å². The smallest absolute Gasteiger partial charge is 0.338 e. The Bertz CT molecular complexity index is 892. The van der Waals surface area contributed by atoms with E-state index in [4.69, 9.17) is 15.2 Å². The highest BCUT2D eigenvalue weighted by Gasteiger charge is 2.49. The van der Waals surface area contributed by atoms with E-state index in [0.717, 1.165) is 5.75 Å². The van der Waals surface area contributed by atoms with Gasteiger partial charge in [-0.1, -0.05) is 48.2 Å². The van der Waals surface area contributed by atoms with E-state index < -0.39 is 5.54 Å². The van der Waals surface area contributed by atoms with Crippen molar-refractivity contribution in [1.82, 2.24) is 0 Å². The highest BCUT2D eigenvalue weighted by atomic mass is 32.2. The number of hydrogen-bond acceptors (Lipinski definition) is 6. The number of carbonyl (C=O) groups is 1. The van der Waals surface area contributed by atoms with Crippen LogP contribution in [0.4, 0.5) is 4.39 Å². The van der Waals surface area contributed by atoms with Crippen LogP contribution in [0.25, 0.3) is 0 Å². The number of halogens is 1. The Morgan fingerprint density at radius 1 is 1.25 bits per heavy atom. The van der Waals surface area contributed by atoms with Crippen LogP contribution in [0.15, 0.2) is 59.6 Å². The zero-order chi connectivity index (χ0) is 19.6. The maximum atomic E-state index is 14.6. The average Bonchev–Trinajstić information content (AvgIpc) is 2.72. The molecule has 2 aromatic rings. The topological polar surface area (TPSA) is 73.9 Å². The van der Waals surface area contributed by atoms with Gasteiger partial charge >= 0.3 is 5.97 Å². The molecule has 0 aromatic heterocycles. The highest BCUT2D eigenvalue weighted by molar-refractivity contribution is 8.13. The lowest BCUT2D eigenvalue weighted by atomic mass is 9.75. The van der Waals surface area contributed by atoms with Gasteiger partial charge in [0.1, 0.15) is 18.0 Å². The van der Waals surface area contributed by atoms with Crippen LogP contribution in [0.5, 0.6) is 0 Å². The van der Waals surface area contributed by atoms with Gasteiger partial charge in [-0.3, -0.25) is 0 Å². The van der Waals surface area contributed by atoms with E-state index in [1.165, 1.54) is 17.8 Å². The van der Waals surface area contributed by atoms with Crippen molar-refractivity contribution in [1.29, 1.82) is 0 Å². The third-order valence-corrected chi connectivity index (χ3v) is 6.21. The van der Waals surface area contributed by atoms with Crippen LogP contribution in [0.3, 0.4) is 0 Å². The molecule has 1 fully saturated rings. The summed E-state index contributed by atoms with van der Waals surface area (Å²) < 4.78 is 26.0. The monoisotopic (exact) mass is 400 g/mol. The molecule has 28 heavy (non-hydrogen) atoms. The standard InChI is InChI=1S/C21H21FN2O3S/c22-18-9-5-4-8-17(18)21-13-27-16(10-15(21)12-28-20(23)24-21)11-26-19(25)14-6-2-1-3-7-14/h1-9,15-16H,10-13H2,(H2,23,24). The van der Waals surface area contributed by atoms with E-state index >= 15 is 0 Å². The number of esters is 1. The maximum absolute atomic E-state index is 14.6. The second-order valence-electron chi connectivity index (χ2n) is 7.00. The average molecular weight is 400 g/mol. The first-order valence-corrected chi connectivity index (χ1v) is 10.1. The lowest BCUT2D eigenvalue weighted by Gasteiger charge is -2.46. The fourth-order valence-electron chi connectivity index (χ4n) is 3.80. The zero-order valence-electron chi connectivity index (χ0n) is 15.2. The van der Waals surface area contributed by atoms with Crippen LogP contribution in [0.2, 0.25) is 0 Å². The van der Waals surface area contributed by atoms with Crippen LogP contribution < -0.4 is 5.73 Å². The molecule has 1 saturated heterocycles. The lowest BCUT2D eigenvalue weighted by Crippen LogP contribution is -2.51. The molecule has 2 aromatic carbocycles. The minimum absolute atomic E-state index is 0.0378. The molecular formula is C21H21FN2O3S. The summed E-state index contributed by atoms with van der Waals surface area (Å²) in [5, 5.41) is 0.442. The molecular weight excluding hydrogens is 379 g/mol. The maximum Gasteiger partial charge on any atom is 0.338 e. The van der Waals surface area contributed by atoms with Crippen molar-refractivity contribution in [3.05, 3.63) is 71.5 Å². The Morgan fingerprint density at radius 2 is 2.00 bits per heavy atom. The van der Waals surface area contributed by atoms with Crippen molar-refractivity contribution in [3.8, 4) is 0 Å². The number of fused-ring (bicyclic) bond motifs is 1. The van der Waals surface area contributed by atoms with Gasteiger partial charge in [0, 0.05) is 17.2 Å². The van der Waals surface area contributed by atoms with E-state index in [1.807, 2.05) is 6.07 Å². The number of nitrogens with zero attached hydrogens (tertiary/aromatic N) is 1. The van der Waals surface area contributed by atoms with Crippen LogP contribution >= 0.6 is 11.8 Å². The molecule has 5 nitrogen and oxygen atoms in total. The fraction of sp³-hybridized carbons (Fsp3) is 0.333. The number of amidine groups is 1. The first kappa shape index (κ1) is 19.0. The first-order valence-electron chi connectivity index (χ1n) is 9.15. The molecule has 0 saturated carbocycles. The summed E-state index contributed by atoms with van der Waals surface area (Å²) in [4.78, 5) is 16.8. The Hall–Kier alpha value is -2.38. The molecule has 0 aliphatic carbocycles. The number of benzene rings is 2. The van der Waals surface area contributed by atoms with Gasteiger partial charge in [0.25, 0.3) is 0 Å². The van der Waals surface area contributed by atoms with Crippen molar-refractivity contribution >= 4 is 22.9 Å². The van der Waals surface area contributed by atoms with Gasteiger partial charge in [0.05, 0.1) is 18.3 Å². The minimum Gasteiger partial charge on any atom is -0.459 e. The SMILES string of the molecule is NC1=NC2(c3ccccc3F)COC(COC(=O)c3ccccc3)CC2CS1. The Labute approximate surface area is 167 Å². The van der Waals surface area contributed by atoms with Gasteiger partial charge in [-0.05, 0) is 24.6 Å². The van der Waals surface area contributed by atoms with Crippen LogP contribution in [0.1, 0.15) is 22.3 Å². The predicted octanol–water partition coefficient (Wildman–Crippen LogP) is 3.34. The van der Waals surface area contributed by atoms with Gasteiger partial charge < -0.3 is 15.2 Å². The number of ether oxygens (including phenoxy) is 2. The van der Waals surface area contributed by atoms with E-state index in [2.05, 4.69) is 4.99 Å². The molecule has 146 valence electrons. The van der Waals surface area contributed by atoms with Gasteiger partial charge in [0.15, 0.2) is 5.17 Å². The molecule has 2 aliphatic heterocycles. The summed E-state index contributed by atoms with van der Waals surface area (Å²) in [6, 6.07) is 15.5. The summed E-state index contributed by atoms with van der Waals surface area (Å²) in [5.74, 6) is 0.0655. The highest BCUT2D eigenvalue weighted by Crippen LogP contribution is 2.46. The molecule has 0 radical (unpaired) electrons. The molecule has 3 atom stereocenters. The normalized spacial score (nSPS) is 26.8. The van der Waals surface area contributed by atoms with E-state index in [9.17, 15) is 9.18 Å². The number of hydrogen-bond donors (Lipinski definition) is 1. The summed E-state index contributed by atoms with van der Waals surface area (Å²) >= 11 is 1.47. The number of aliphatic imine (C=N–C) groups is 1. The van der Waals surface area contributed by atoms with Crippen molar-refractivity contribution in [2.24, 2.45) is 16.6 Å². The summed E-state index contributed by atoms with van der Waals surface area (Å²) in [5.41, 5.74) is 6.15. The lowest BCUT2D eigenvalue weighted by molar-refractivity contribution is -0.0811. The summed E-state index contributed by atoms with van der Waals surface area (Å²) in [6.45, 7) is 0.356. The van der Waals surface area contributed by atoms with Gasteiger partial charge in [0.2, 0.25) is 0 Å². The van der Waals surface area contributed by atoms with E-state index in [1.54, 1.807) is 42.5 Å². The van der Waals surface area contributed by atoms with Gasteiger partial charge in [-0.2, -0.15) is 0 Å². The molecule has 7 heteroatoms. The predicted molar refractivity (Wildman–Crippen MR) is 107 cm³/mol. The molecule has 2 heterocycles. The molecule has 0 amide bonds. The number of rotatable bonds is 4. The minimum atomic E-state index is -0.833. The fourth-order valence-corrected chi connectivity index (χ4v) is 4.81. The second-order valence-corrected chi connectivity index (χ2v) is 8.04. The molecule has 0 spiro atoms. The Balaban J connectivity index is 1.49. The van der Waals surface area contributed by atoms with Crippen molar-refractivity contribution < 1.29 is 18.7 Å². The number of thioether (sulfide) groups is 1. The molecule has 2 aliphatic rings. The molecule has 0 bridgehead atoms. The third-order valence-electron chi connectivity index (χ3n) is 5.25. The number of nitrogens with two attached hydrogens (primary N) is 1. The zero-order valence-corrected chi connectivity index (χ0v) is 16.0. The number of carbonyl (C=O) groups excluding carboxylic acids is 1. The van der Waals surface area contributed by atoms with Crippen molar-refractivity contribution in [3.63, 3.8) is 0 Å². The first-order chi connectivity index (χ1) is 13.6. The Morgan fingerprint density at radius 3 is 2.79 bits per heavy atom. The summed E-state index contributed by atoms with van der Waals surface area (Å²) in [6.07, 6.45) is 0.355. The molecule has 3 unspecified atom stereocenters. The largest absolute Gasteiger partial charge is 0.459 e. The van der Waals surface area contributed by atoms with Gasteiger partial charge in [-0.25, -0.2) is 14.2 Å². The molecule has 2 N–H and O–H groups in total. The summed E-state index contributed by atoms with van der Waals surface area (Å²) in [7, 11) is 0. The van der Waals surface area contributed by atoms with Crippen LogP contribution in [-0.2, 0) is 15.0 Å². The van der Waals surface area contributed by atoms with Crippen molar-refractivity contribution in [2.75, 3.05) is 19.0 Å². The van der Waals surface area contributed by atoms with E-state index in [-0.39, 0.29) is 37.0 Å².